The third-order valence-electron chi connectivity index (χ3n) is 9.91. The van der Waals surface area contributed by atoms with Gasteiger partial charge in [-0.05, 0) is 91.2 Å². The molecule has 15 nitrogen and oxygen atoms in total. The van der Waals surface area contributed by atoms with Gasteiger partial charge >= 0.3 is 11.9 Å². The monoisotopic (exact) mass is 958 g/mol. The molecule has 4 aromatic carbocycles. The number of benzene rings is 4. The highest BCUT2D eigenvalue weighted by atomic mass is 32.2. The van der Waals surface area contributed by atoms with Crippen LogP contribution in [0.5, 0.6) is 11.5 Å². The van der Waals surface area contributed by atoms with Gasteiger partial charge in [0.15, 0.2) is 11.6 Å². The average Bonchev–Trinajstić information content (AvgIpc) is 3.70. The van der Waals surface area contributed by atoms with Crippen LogP contribution in [0.2, 0.25) is 0 Å². The number of carbonyl (C=O) groups excluding carboxylic acids is 8. The Morgan fingerprint density at radius 1 is 0.582 bits per heavy atom. The minimum absolute atomic E-state index is 0. The van der Waals surface area contributed by atoms with E-state index in [1.807, 2.05) is 13.8 Å². The topological polar surface area (TPSA) is 200 Å². The number of aliphatic hydroxyl groups is 1. The summed E-state index contributed by atoms with van der Waals surface area (Å²) in [6.07, 6.45) is 0. The van der Waals surface area contributed by atoms with Gasteiger partial charge in [0, 0.05) is 28.6 Å². The summed E-state index contributed by atoms with van der Waals surface area (Å²) in [5.74, 6) is 0.121. The Kier molecular flexibility index (Phi) is 21.5. The van der Waals surface area contributed by atoms with Crippen molar-refractivity contribution in [2.24, 2.45) is 5.92 Å². The molecule has 0 fully saturated rings. The fraction of sp³-hybridized carbons (Fsp3) is 0.360. The van der Waals surface area contributed by atoms with E-state index in [1.54, 1.807) is 109 Å². The molecule has 4 aromatic rings. The van der Waals surface area contributed by atoms with E-state index in [4.69, 9.17) is 18.9 Å². The zero-order chi connectivity index (χ0) is 47.1. The number of fused-ring (bicyclic) bond motifs is 2. The molecule has 4 amide bonds. The molecule has 358 valence electrons. The molecule has 0 aliphatic carbocycles. The van der Waals surface area contributed by atoms with E-state index in [-0.39, 0.29) is 81.0 Å². The van der Waals surface area contributed by atoms with Crippen molar-refractivity contribution in [1.29, 1.82) is 0 Å². The Bertz CT molecular complexity index is 2320. The number of rotatable bonds is 22. The van der Waals surface area contributed by atoms with Gasteiger partial charge in [-0.2, -0.15) is 23.5 Å². The van der Waals surface area contributed by atoms with Crippen LogP contribution in [-0.4, -0.2) is 130 Å². The maximum Gasteiger partial charge on any atom is 0.326 e. The number of esters is 2. The Morgan fingerprint density at radius 3 is 1.33 bits per heavy atom. The van der Waals surface area contributed by atoms with Gasteiger partial charge in [-0.1, -0.05) is 59.9 Å². The van der Waals surface area contributed by atoms with E-state index in [9.17, 15) is 43.5 Å². The maximum absolute atomic E-state index is 12.5. The largest absolute Gasteiger partial charge is 0.490 e. The Labute approximate surface area is 399 Å². The zero-order valence-corrected chi connectivity index (χ0v) is 38.1. The first kappa shape index (κ1) is 55.0. The third kappa shape index (κ3) is 14.6. The summed E-state index contributed by atoms with van der Waals surface area (Å²) in [4.78, 5) is 99.8. The van der Waals surface area contributed by atoms with E-state index < -0.39 is 54.3 Å². The molecular formula is C50H58N2O13S2. The molecule has 2 unspecified atom stereocenters. The Balaban J connectivity index is 0.000000345. The van der Waals surface area contributed by atoms with Crippen molar-refractivity contribution in [3.05, 3.63) is 130 Å². The molecule has 67 heavy (non-hydrogen) atoms. The van der Waals surface area contributed by atoms with Crippen LogP contribution in [0.4, 0.5) is 0 Å². The van der Waals surface area contributed by atoms with E-state index >= 15 is 0 Å². The normalized spacial score (nSPS) is 13.7. The summed E-state index contributed by atoms with van der Waals surface area (Å²) in [5, 5.41) is 10.4. The zero-order valence-electron chi connectivity index (χ0n) is 36.4. The number of ketones is 2. The van der Waals surface area contributed by atoms with Gasteiger partial charge in [0.1, 0.15) is 56.6 Å². The van der Waals surface area contributed by atoms with E-state index in [2.05, 4.69) is 6.92 Å². The number of imide groups is 2. The molecule has 2 aliphatic rings. The predicted molar refractivity (Wildman–Crippen MR) is 257 cm³/mol. The van der Waals surface area contributed by atoms with Crippen LogP contribution in [-0.2, 0) is 19.1 Å². The van der Waals surface area contributed by atoms with Gasteiger partial charge in [-0.25, -0.2) is 0 Å². The second kappa shape index (κ2) is 26.1. The van der Waals surface area contributed by atoms with Crippen LogP contribution in [0.1, 0.15) is 105 Å². The van der Waals surface area contributed by atoms with Crippen LogP contribution in [0.3, 0.4) is 0 Å². The van der Waals surface area contributed by atoms with Gasteiger partial charge < -0.3 is 24.1 Å². The van der Waals surface area contributed by atoms with Gasteiger partial charge in [0.25, 0.3) is 23.6 Å². The molecule has 0 saturated heterocycles. The molecular weight excluding hydrogens is 901 g/mol. The minimum atomic E-state index is -1.45. The first-order valence-electron chi connectivity index (χ1n) is 20.8. The molecule has 0 aromatic heterocycles. The van der Waals surface area contributed by atoms with Gasteiger partial charge in [0.2, 0.25) is 0 Å². The molecule has 2 aliphatic heterocycles. The standard InChI is InChI=1S/C24H25NO7S.C24H25NO6S.2CH4/c1-3-33-15-24(2,30)21(27)16-8-10-17(11-9-16)31-12-13-32-20(26)14-25-22(28)18-6-4-5-7-19(18)23(25)29;1-3-32-15-16(2)22(27)17-8-10-18(11-9-17)30-12-13-31-21(26)14-25-23(28)19-6-4-5-7-20(19)24(25)29;;/h4-11,30H,3,12-15H2,1-2H3;4-11,16H,3,12-15H2,1-2H3;2*1H4. The summed E-state index contributed by atoms with van der Waals surface area (Å²) in [6, 6.07) is 26.0. The summed E-state index contributed by atoms with van der Waals surface area (Å²) in [5.41, 5.74) is 0.669. The second-order valence-electron chi connectivity index (χ2n) is 14.8. The van der Waals surface area contributed by atoms with Crippen LogP contribution in [0.25, 0.3) is 0 Å². The highest BCUT2D eigenvalue weighted by Gasteiger charge is 2.38. The average molecular weight is 959 g/mol. The Morgan fingerprint density at radius 2 is 0.955 bits per heavy atom. The fourth-order valence-corrected chi connectivity index (χ4v) is 7.97. The molecule has 6 rings (SSSR count). The van der Waals surface area contributed by atoms with Crippen LogP contribution in [0.15, 0.2) is 97.1 Å². The minimum Gasteiger partial charge on any atom is -0.490 e. The highest BCUT2D eigenvalue weighted by Crippen LogP contribution is 2.25. The van der Waals surface area contributed by atoms with Crippen molar-refractivity contribution in [3.63, 3.8) is 0 Å². The van der Waals surface area contributed by atoms with Gasteiger partial charge in [-0.15, -0.1) is 0 Å². The summed E-state index contributed by atoms with van der Waals surface area (Å²) in [6.45, 7) is 6.56. The lowest BCUT2D eigenvalue weighted by Crippen LogP contribution is -2.37. The van der Waals surface area contributed by atoms with Crippen molar-refractivity contribution in [2.45, 2.75) is 48.1 Å². The summed E-state index contributed by atoms with van der Waals surface area (Å²) >= 11 is 3.22. The van der Waals surface area contributed by atoms with Gasteiger partial charge in [-0.3, -0.25) is 48.2 Å². The number of ether oxygens (including phenoxy) is 4. The van der Waals surface area contributed by atoms with Crippen LogP contribution in [0, 0.1) is 5.92 Å². The highest BCUT2D eigenvalue weighted by molar-refractivity contribution is 7.99. The quantitative estimate of drug-likeness (QED) is 0.0355. The summed E-state index contributed by atoms with van der Waals surface area (Å²) < 4.78 is 21.2. The molecule has 0 radical (unpaired) electrons. The number of thioether (sulfide) groups is 2. The number of hydrogen-bond acceptors (Lipinski definition) is 15. The van der Waals surface area contributed by atoms with Crippen LogP contribution < -0.4 is 9.47 Å². The number of hydrogen-bond donors (Lipinski definition) is 1. The smallest absolute Gasteiger partial charge is 0.326 e. The number of nitrogens with zero attached hydrogens (tertiary/aromatic N) is 2. The first-order chi connectivity index (χ1) is 31.2. The SMILES string of the molecule is C.C.CCSCC(C)(O)C(=O)c1ccc(OCCOC(=O)CN2C(=O)c3ccccc3C2=O)cc1.CCSCC(C)C(=O)c1ccc(OCCOC(=O)CN2C(=O)c3ccccc3C2=O)cc1. The molecule has 1 N–H and O–H groups in total. The number of carbonyl (C=O) groups is 8. The van der Waals surface area contributed by atoms with Crippen molar-refractivity contribution in [3.8, 4) is 11.5 Å². The first-order valence-corrected chi connectivity index (χ1v) is 23.1. The van der Waals surface area contributed by atoms with E-state index in [0.29, 0.717) is 28.4 Å². The molecule has 2 atom stereocenters. The number of amides is 4. The van der Waals surface area contributed by atoms with E-state index in [1.165, 1.54) is 18.7 Å². The van der Waals surface area contributed by atoms with Gasteiger partial charge in [0.05, 0.1) is 22.3 Å². The lowest BCUT2D eigenvalue weighted by atomic mass is 9.97. The molecule has 2 heterocycles. The van der Waals surface area contributed by atoms with Crippen molar-refractivity contribution in [1.82, 2.24) is 9.80 Å². The van der Waals surface area contributed by atoms with Crippen molar-refractivity contribution < 1.29 is 62.4 Å². The Hall–Kier alpha value is -6.30. The second-order valence-corrected chi connectivity index (χ2v) is 17.4. The fourth-order valence-electron chi connectivity index (χ4n) is 6.50. The van der Waals surface area contributed by atoms with Crippen LogP contribution >= 0.6 is 23.5 Å². The molecule has 0 bridgehead atoms. The third-order valence-corrected chi connectivity index (χ3v) is 12.2. The van der Waals surface area contributed by atoms with Crippen molar-refractivity contribution >= 4 is 70.7 Å². The molecule has 0 spiro atoms. The molecule has 17 heteroatoms. The maximum atomic E-state index is 12.5. The van der Waals surface area contributed by atoms with Crippen molar-refractivity contribution in [2.75, 3.05) is 62.5 Å². The number of Topliss-reactive ketones (excluding diaryl/α,β-unsaturated/α-hetero) is 2. The molecule has 0 saturated carbocycles. The summed E-state index contributed by atoms with van der Waals surface area (Å²) in [7, 11) is 0. The predicted octanol–water partition coefficient (Wildman–Crippen LogP) is 7.34. The van der Waals surface area contributed by atoms with E-state index in [0.717, 1.165) is 27.1 Å². The lowest BCUT2D eigenvalue weighted by Gasteiger charge is -2.21. The lowest BCUT2D eigenvalue weighted by molar-refractivity contribution is -0.145.